The van der Waals surface area contributed by atoms with Gasteiger partial charge in [0.2, 0.25) is 11.1 Å². The van der Waals surface area contributed by atoms with Crippen LogP contribution in [0.3, 0.4) is 0 Å². The summed E-state index contributed by atoms with van der Waals surface area (Å²) in [5.74, 6) is 1.97. The smallest absolute Gasteiger partial charge is 0.269 e. The molecule has 0 fully saturated rings. The Morgan fingerprint density at radius 1 is 0.970 bits per heavy atom. The minimum atomic E-state index is -0.480. The largest absolute Gasteiger partial charge is 0.497 e. The summed E-state index contributed by atoms with van der Waals surface area (Å²) in [6.45, 7) is 0.296. The fourth-order valence-electron chi connectivity index (χ4n) is 3.78. The molecule has 0 aliphatic carbocycles. The van der Waals surface area contributed by atoms with E-state index in [9.17, 15) is 9.59 Å². The van der Waals surface area contributed by atoms with Crippen molar-refractivity contribution < 1.29 is 18.3 Å². The van der Waals surface area contributed by atoms with E-state index in [1.165, 1.54) is 17.9 Å². The average molecular weight is 444 g/mol. The third kappa shape index (κ3) is 3.65. The Hall–Kier alpha value is -4.33. The minimum absolute atomic E-state index is 0.0437. The summed E-state index contributed by atoms with van der Waals surface area (Å²) in [4.78, 5) is 31.3. The molecule has 8 heteroatoms. The van der Waals surface area contributed by atoms with E-state index in [2.05, 4.69) is 4.98 Å². The van der Waals surface area contributed by atoms with Crippen LogP contribution in [0.2, 0.25) is 0 Å². The Kier molecular flexibility index (Phi) is 5.18. The molecule has 0 unspecified atom stereocenters. The van der Waals surface area contributed by atoms with E-state index in [0.717, 1.165) is 11.3 Å². The van der Waals surface area contributed by atoms with Crippen LogP contribution in [0.15, 0.2) is 79.3 Å². The fraction of sp³-hybridized carbons (Fsp3) is 0.160. The highest BCUT2D eigenvalue weighted by Gasteiger charge is 2.20. The number of hydrogen-bond donors (Lipinski definition) is 0. The van der Waals surface area contributed by atoms with Crippen LogP contribution in [0.4, 0.5) is 0 Å². The summed E-state index contributed by atoms with van der Waals surface area (Å²) in [7, 11) is 3.13. The fourth-order valence-corrected chi connectivity index (χ4v) is 3.78. The van der Waals surface area contributed by atoms with Crippen molar-refractivity contribution in [3.63, 3.8) is 0 Å². The lowest BCUT2D eigenvalue weighted by Crippen LogP contribution is -2.28. The van der Waals surface area contributed by atoms with Gasteiger partial charge in [-0.2, -0.15) is 4.98 Å². The topological polar surface area (TPSA) is 96.7 Å². The van der Waals surface area contributed by atoms with Gasteiger partial charge >= 0.3 is 0 Å². The standard InChI is InChI=1S/C25H20N2O6/c1-30-16-7-5-15(6-8-16)11-12-27-23(19-4-3-13-32-19)26-24-21(25(27)29)22(28)18-10-9-17(31-2)14-20(18)33-24/h3-10,13-14H,11-12H2,1-2H3. The second-order valence-electron chi connectivity index (χ2n) is 7.44. The van der Waals surface area contributed by atoms with Crippen LogP contribution in [0, 0.1) is 0 Å². The first kappa shape index (κ1) is 20.6. The summed E-state index contributed by atoms with van der Waals surface area (Å²) < 4.78 is 23.3. The van der Waals surface area contributed by atoms with Gasteiger partial charge in [-0.15, -0.1) is 0 Å². The lowest BCUT2D eigenvalue weighted by molar-refractivity contribution is 0.414. The number of ether oxygens (including phenoxy) is 2. The molecule has 0 aliphatic heterocycles. The predicted octanol–water partition coefficient (Wildman–Crippen LogP) is 4.02. The normalized spacial score (nSPS) is 11.2. The molecule has 0 saturated carbocycles. The second-order valence-corrected chi connectivity index (χ2v) is 7.44. The summed E-state index contributed by atoms with van der Waals surface area (Å²) in [5, 5.41) is 0.187. The Labute approximate surface area is 187 Å². The highest BCUT2D eigenvalue weighted by Crippen LogP contribution is 2.24. The van der Waals surface area contributed by atoms with Gasteiger partial charge in [0.05, 0.1) is 25.9 Å². The molecule has 0 radical (unpaired) electrons. The maximum absolute atomic E-state index is 13.5. The van der Waals surface area contributed by atoms with Gasteiger partial charge in [0.25, 0.3) is 5.56 Å². The van der Waals surface area contributed by atoms with E-state index in [1.54, 1.807) is 37.4 Å². The number of aryl methyl sites for hydroxylation is 1. The summed E-state index contributed by atoms with van der Waals surface area (Å²) >= 11 is 0. The van der Waals surface area contributed by atoms with Gasteiger partial charge in [-0.3, -0.25) is 14.2 Å². The van der Waals surface area contributed by atoms with Gasteiger partial charge in [0.1, 0.15) is 17.1 Å². The van der Waals surface area contributed by atoms with Crippen molar-refractivity contribution in [2.75, 3.05) is 14.2 Å². The lowest BCUT2D eigenvalue weighted by atomic mass is 10.1. The van der Waals surface area contributed by atoms with Crippen molar-refractivity contribution in [2.24, 2.45) is 0 Å². The molecule has 166 valence electrons. The quantitative estimate of drug-likeness (QED) is 0.365. The van der Waals surface area contributed by atoms with Crippen LogP contribution in [-0.2, 0) is 13.0 Å². The van der Waals surface area contributed by atoms with Crippen LogP contribution in [-0.4, -0.2) is 23.8 Å². The zero-order valence-corrected chi connectivity index (χ0v) is 18.0. The first-order valence-electron chi connectivity index (χ1n) is 10.3. The maximum Gasteiger partial charge on any atom is 0.269 e. The summed E-state index contributed by atoms with van der Waals surface area (Å²) in [6, 6.07) is 15.8. The van der Waals surface area contributed by atoms with Gasteiger partial charge in [-0.25, -0.2) is 0 Å². The van der Waals surface area contributed by atoms with Crippen molar-refractivity contribution in [2.45, 2.75) is 13.0 Å². The molecule has 0 spiro atoms. The van der Waals surface area contributed by atoms with Crippen molar-refractivity contribution >= 4 is 22.1 Å². The summed E-state index contributed by atoms with van der Waals surface area (Å²) in [6.07, 6.45) is 2.04. The highest BCUT2D eigenvalue weighted by atomic mass is 16.5. The summed E-state index contributed by atoms with van der Waals surface area (Å²) in [5.41, 5.74) is 0.339. The Morgan fingerprint density at radius 2 is 1.73 bits per heavy atom. The number of aromatic nitrogens is 2. The van der Waals surface area contributed by atoms with Crippen LogP contribution in [0.5, 0.6) is 11.5 Å². The van der Waals surface area contributed by atoms with Crippen LogP contribution < -0.4 is 20.5 Å². The molecule has 5 rings (SSSR count). The molecular formula is C25H20N2O6. The third-order valence-electron chi connectivity index (χ3n) is 5.53. The first-order valence-corrected chi connectivity index (χ1v) is 10.3. The van der Waals surface area contributed by atoms with Gasteiger partial charge in [0.15, 0.2) is 17.0 Å². The van der Waals surface area contributed by atoms with E-state index >= 15 is 0 Å². The average Bonchev–Trinajstić information content (AvgIpc) is 3.38. The highest BCUT2D eigenvalue weighted by molar-refractivity contribution is 5.88. The number of nitrogens with zero attached hydrogens (tertiary/aromatic N) is 2. The molecular weight excluding hydrogens is 424 g/mol. The first-order chi connectivity index (χ1) is 16.1. The molecule has 0 aliphatic rings. The molecule has 3 heterocycles. The van der Waals surface area contributed by atoms with Crippen molar-refractivity contribution in [3.8, 4) is 23.1 Å². The number of fused-ring (bicyclic) bond motifs is 2. The Bertz CT molecular complexity index is 1560. The number of methoxy groups -OCH3 is 2. The van der Waals surface area contributed by atoms with E-state index in [4.69, 9.17) is 18.3 Å². The molecule has 5 aromatic rings. The zero-order chi connectivity index (χ0) is 22.9. The van der Waals surface area contributed by atoms with Crippen LogP contribution >= 0.6 is 0 Å². The molecule has 0 amide bonds. The van der Waals surface area contributed by atoms with E-state index in [1.807, 2.05) is 24.3 Å². The van der Waals surface area contributed by atoms with Gasteiger partial charge < -0.3 is 18.3 Å². The van der Waals surface area contributed by atoms with Gasteiger partial charge in [-0.1, -0.05) is 12.1 Å². The predicted molar refractivity (Wildman–Crippen MR) is 123 cm³/mol. The SMILES string of the molecule is COc1ccc(CCn2c(-c3ccco3)nc3oc4cc(OC)ccc4c(=O)c3c2=O)cc1. The van der Waals surface area contributed by atoms with Gasteiger partial charge in [0, 0.05) is 12.6 Å². The molecule has 2 aromatic carbocycles. The molecule has 0 bridgehead atoms. The van der Waals surface area contributed by atoms with E-state index in [-0.39, 0.29) is 22.3 Å². The molecule has 0 atom stereocenters. The minimum Gasteiger partial charge on any atom is -0.497 e. The maximum atomic E-state index is 13.5. The molecule has 8 nitrogen and oxygen atoms in total. The van der Waals surface area contributed by atoms with Crippen molar-refractivity contribution in [1.82, 2.24) is 9.55 Å². The molecule has 0 N–H and O–H groups in total. The number of hydrogen-bond acceptors (Lipinski definition) is 7. The Balaban J connectivity index is 1.69. The third-order valence-corrected chi connectivity index (χ3v) is 5.53. The van der Waals surface area contributed by atoms with Crippen molar-refractivity contribution in [3.05, 3.63) is 87.0 Å². The lowest BCUT2D eigenvalue weighted by Gasteiger charge is -2.12. The number of rotatable bonds is 6. The van der Waals surface area contributed by atoms with Crippen LogP contribution in [0.1, 0.15) is 5.56 Å². The monoisotopic (exact) mass is 444 g/mol. The number of furan rings is 1. The zero-order valence-electron chi connectivity index (χ0n) is 18.0. The van der Waals surface area contributed by atoms with E-state index < -0.39 is 11.0 Å². The molecule has 0 saturated heterocycles. The van der Waals surface area contributed by atoms with E-state index in [0.29, 0.717) is 30.1 Å². The van der Waals surface area contributed by atoms with Crippen LogP contribution in [0.25, 0.3) is 33.7 Å². The van der Waals surface area contributed by atoms with Crippen molar-refractivity contribution in [1.29, 1.82) is 0 Å². The molecule has 33 heavy (non-hydrogen) atoms. The second kappa shape index (κ2) is 8.31. The van der Waals surface area contributed by atoms with Gasteiger partial charge in [-0.05, 0) is 48.4 Å². The Morgan fingerprint density at radius 3 is 2.42 bits per heavy atom. The number of benzene rings is 2. The molecule has 3 aromatic heterocycles.